The van der Waals surface area contributed by atoms with Crippen LogP contribution in [0.3, 0.4) is 0 Å². The van der Waals surface area contributed by atoms with Crippen LogP contribution in [-0.2, 0) is 4.79 Å². The molecule has 1 saturated heterocycles. The summed E-state index contributed by atoms with van der Waals surface area (Å²) < 4.78 is 0. The first-order chi connectivity index (χ1) is 5.67. The summed E-state index contributed by atoms with van der Waals surface area (Å²) in [6.07, 6.45) is 6.63. The van der Waals surface area contributed by atoms with Crippen LogP contribution in [0.5, 0.6) is 0 Å². The predicted molar refractivity (Wildman–Crippen MR) is 44.9 cm³/mol. The Balaban J connectivity index is 2.40. The lowest BCUT2D eigenvalue weighted by Crippen LogP contribution is -2.50. The second-order valence-electron chi connectivity index (χ2n) is 3.67. The molecule has 0 aliphatic carbocycles. The fourth-order valence-electron chi connectivity index (χ4n) is 2.31. The van der Waals surface area contributed by atoms with E-state index in [9.17, 15) is 4.79 Å². The van der Waals surface area contributed by atoms with Crippen molar-refractivity contribution in [3.05, 3.63) is 12.2 Å². The van der Waals surface area contributed by atoms with Crippen LogP contribution in [0, 0.1) is 0 Å². The maximum Gasteiger partial charge on any atom is 0.328 e. The molecule has 0 saturated carbocycles. The predicted octanol–water partition coefficient (Wildman–Crippen LogP) is 0.864. The van der Waals surface area contributed by atoms with Gasteiger partial charge in [-0.25, -0.2) is 4.79 Å². The molecule has 2 heterocycles. The topological polar surface area (TPSA) is 40.5 Å². The lowest BCUT2D eigenvalue weighted by molar-refractivity contribution is -0.146. The number of fused-ring (bicyclic) bond motifs is 2. The Kier molecular flexibility index (Phi) is 1.51. The minimum Gasteiger partial charge on any atom is -0.480 e. The highest BCUT2D eigenvalue weighted by Gasteiger charge is 2.49. The normalized spacial score (nSPS) is 40.2. The van der Waals surface area contributed by atoms with Crippen molar-refractivity contribution in [1.29, 1.82) is 0 Å². The van der Waals surface area contributed by atoms with E-state index < -0.39 is 11.5 Å². The molecule has 0 radical (unpaired) electrons. The second-order valence-corrected chi connectivity index (χ2v) is 3.67. The lowest BCUT2D eigenvalue weighted by Gasteiger charge is -2.35. The van der Waals surface area contributed by atoms with E-state index in [1.54, 1.807) is 0 Å². The van der Waals surface area contributed by atoms with Gasteiger partial charge in [-0.15, -0.1) is 0 Å². The Morgan fingerprint density at radius 1 is 1.75 bits per heavy atom. The van der Waals surface area contributed by atoms with Crippen molar-refractivity contribution < 1.29 is 9.90 Å². The van der Waals surface area contributed by atoms with Gasteiger partial charge in [0, 0.05) is 6.04 Å². The third-order valence-electron chi connectivity index (χ3n) is 3.21. The Morgan fingerprint density at radius 3 is 3.08 bits per heavy atom. The summed E-state index contributed by atoms with van der Waals surface area (Å²) in [5.41, 5.74) is -0.678. The van der Waals surface area contributed by atoms with E-state index in [0.29, 0.717) is 6.04 Å². The lowest BCUT2D eigenvalue weighted by atomic mass is 9.95. The molecule has 1 N–H and O–H groups in total. The number of nitrogens with zero attached hydrogens (tertiary/aromatic N) is 1. The van der Waals surface area contributed by atoms with Gasteiger partial charge >= 0.3 is 5.97 Å². The van der Waals surface area contributed by atoms with Crippen molar-refractivity contribution in [3.8, 4) is 0 Å². The van der Waals surface area contributed by atoms with Crippen LogP contribution in [0.4, 0.5) is 0 Å². The van der Waals surface area contributed by atoms with Gasteiger partial charge in [-0.2, -0.15) is 0 Å². The number of hydrogen-bond donors (Lipinski definition) is 1. The van der Waals surface area contributed by atoms with E-state index >= 15 is 0 Å². The van der Waals surface area contributed by atoms with Gasteiger partial charge in [0.2, 0.25) is 0 Å². The van der Waals surface area contributed by atoms with E-state index in [-0.39, 0.29) is 0 Å². The monoisotopic (exact) mass is 167 g/mol. The molecule has 2 rings (SSSR count). The fraction of sp³-hybridized carbons (Fsp3) is 0.667. The minimum absolute atomic E-state index is 0.450. The van der Waals surface area contributed by atoms with Gasteiger partial charge in [0.25, 0.3) is 0 Å². The molecule has 1 fully saturated rings. The number of carboxylic acids is 1. The third kappa shape index (κ3) is 0.771. The minimum atomic E-state index is -0.705. The van der Waals surface area contributed by atoms with Crippen LogP contribution in [0.15, 0.2) is 12.2 Å². The van der Waals surface area contributed by atoms with Crippen LogP contribution in [0.25, 0.3) is 0 Å². The number of carboxylic acid groups (broad SMARTS) is 1. The van der Waals surface area contributed by atoms with E-state index in [1.165, 1.54) is 0 Å². The number of carbonyl (C=O) groups is 1. The number of rotatable bonds is 1. The molecule has 3 heteroatoms. The Morgan fingerprint density at radius 2 is 2.50 bits per heavy atom. The van der Waals surface area contributed by atoms with Crippen LogP contribution in [0.1, 0.15) is 19.3 Å². The first-order valence-corrected chi connectivity index (χ1v) is 4.31. The molecule has 0 aromatic rings. The zero-order valence-electron chi connectivity index (χ0n) is 7.16. The zero-order chi connectivity index (χ0) is 8.77. The molecule has 66 valence electrons. The average Bonchev–Trinajstić information content (AvgIpc) is 2.28. The summed E-state index contributed by atoms with van der Waals surface area (Å²) in [6, 6.07) is 0.450. The summed E-state index contributed by atoms with van der Waals surface area (Å²) in [5, 5.41) is 9.09. The Bertz CT molecular complexity index is 249. The molecule has 12 heavy (non-hydrogen) atoms. The molecule has 0 aromatic carbocycles. The highest BCUT2D eigenvalue weighted by atomic mass is 16.4. The first-order valence-electron chi connectivity index (χ1n) is 4.31. The van der Waals surface area contributed by atoms with Crippen molar-refractivity contribution >= 4 is 5.97 Å². The highest BCUT2D eigenvalue weighted by molar-refractivity contribution is 5.82. The van der Waals surface area contributed by atoms with Gasteiger partial charge < -0.3 is 5.11 Å². The SMILES string of the molecule is CN1[C@@H]2CC=C[C@@]1(C(=O)O)CC2. The number of hydrogen-bond acceptors (Lipinski definition) is 2. The largest absolute Gasteiger partial charge is 0.480 e. The Labute approximate surface area is 71.7 Å². The van der Waals surface area contributed by atoms with Crippen LogP contribution < -0.4 is 0 Å². The molecular formula is C9H13NO2. The zero-order valence-corrected chi connectivity index (χ0v) is 7.16. The van der Waals surface area contributed by atoms with Crippen molar-refractivity contribution in [2.75, 3.05) is 7.05 Å². The summed E-state index contributed by atoms with van der Waals surface area (Å²) in [6.45, 7) is 0. The summed E-state index contributed by atoms with van der Waals surface area (Å²) in [7, 11) is 1.91. The van der Waals surface area contributed by atoms with Gasteiger partial charge in [0.1, 0.15) is 5.54 Å². The molecule has 2 aliphatic rings. The van der Waals surface area contributed by atoms with Crippen molar-refractivity contribution in [1.82, 2.24) is 4.90 Å². The van der Waals surface area contributed by atoms with E-state index in [4.69, 9.17) is 5.11 Å². The molecule has 2 bridgehead atoms. The van der Waals surface area contributed by atoms with E-state index in [2.05, 4.69) is 0 Å². The molecule has 0 amide bonds. The van der Waals surface area contributed by atoms with Gasteiger partial charge in [-0.05, 0) is 26.3 Å². The van der Waals surface area contributed by atoms with Crippen LogP contribution >= 0.6 is 0 Å². The molecule has 0 aromatic heterocycles. The van der Waals surface area contributed by atoms with Crippen molar-refractivity contribution in [3.63, 3.8) is 0 Å². The third-order valence-corrected chi connectivity index (χ3v) is 3.21. The van der Waals surface area contributed by atoms with Gasteiger partial charge in [0.05, 0.1) is 0 Å². The quantitative estimate of drug-likeness (QED) is 0.589. The summed E-state index contributed by atoms with van der Waals surface area (Å²) in [5.74, 6) is -0.705. The molecule has 0 unspecified atom stereocenters. The molecule has 2 atom stereocenters. The summed E-state index contributed by atoms with van der Waals surface area (Å²) in [4.78, 5) is 13.0. The average molecular weight is 167 g/mol. The molecule has 3 nitrogen and oxygen atoms in total. The smallest absolute Gasteiger partial charge is 0.328 e. The summed E-state index contributed by atoms with van der Waals surface area (Å²) >= 11 is 0. The van der Waals surface area contributed by atoms with Crippen molar-refractivity contribution in [2.24, 2.45) is 0 Å². The van der Waals surface area contributed by atoms with Crippen LogP contribution in [0.2, 0.25) is 0 Å². The maximum absolute atomic E-state index is 11.1. The maximum atomic E-state index is 11.1. The standard InChI is InChI=1S/C9H13NO2/c1-10-7-3-2-5-9(10,6-4-7)8(11)12/h2,5,7H,3-4,6H2,1H3,(H,11,12)/t7-,9+/m1/s1. The number of aliphatic carboxylic acids is 1. The van der Waals surface area contributed by atoms with E-state index in [1.807, 2.05) is 24.1 Å². The first kappa shape index (κ1) is 7.80. The van der Waals surface area contributed by atoms with Gasteiger partial charge in [0.15, 0.2) is 0 Å². The number of likely N-dealkylation sites (N-methyl/N-ethyl adjacent to an activating group) is 1. The van der Waals surface area contributed by atoms with Gasteiger partial charge in [-0.3, -0.25) is 4.90 Å². The highest BCUT2D eigenvalue weighted by Crippen LogP contribution is 2.38. The fourth-order valence-corrected chi connectivity index (χ4v) is 2.31. The van der Waals surface area contributed by atoms with E-state index in [0.717, 1.165) is 19.3 Å². The van der Waals surface area contributed by atoms with Crippen LogP contribution in [-0.4, -0.2) is 34.6 Å². The molecular weight excluding hydrogens is 154 g/mol. The molecule has 0 spiro atoms. The van der Waals surface area contributed by atoms with Gasteiger partial charge in [-0.1, -0.05) is 12.2 Å². The molecule has 2 aliphatic heterocycles. The Hall–Kier alpha value is -0.830. The second kappa shape index (κ2) is 2.33. The van der Waals surface area contributed by atoms with Crippen molar-refractivity contribution in [2.45, 2.75) is 30.8 Å².